The zero-order valence-electron chi connectivity index (χ0n) is 12.0. The van der Waals surface area contributed by atoms with Gasteiger partial charge in [-0.3, -0.25) is 0 Å². The second kappa shape index (κ2) is 7.70. The number of hydrogen-bond acceptors (Lipinski definition) is 4. The molecule has 1 atom stereocenters. The van der Waals surface area contributed by atoms with Crippen molar-refractivity contribution in [1.29, 1.82) is 5.26 Å². The van der Waals surface area contributed by atoms with Gasteiger partial charge in [-0.25, -0.2) is 4.79 Å². The fourth-order valence-corrected chi connectivity index (χ4v) is 1.93. The third-order valence-corrected chi connectivity index (χ3v) is 3.08. The maximum atomic E-state index is 11.7. The van der Waals surface area contributed by atoms with Gasteiger partial charge in [-0.2, -0.15) is 5.26 Å². The quantitative estimate of drug-likeness (QED) is 0.830. The molecule has 5 heteroatoms. The smallest absolute Gasteiger partial charge is 0.408 e. The number of amides is 1. The maximum Gasteiger partial charge on any atom is 0.408 e. The zero-order chi connectivity index (χ0) is 15.8. The van der Waals surface area contributed by atoms with Gasteiger partial charge in [0, 0.05) is 12.1 Å². The van der Waals surface area contributed by atoms with Crippen molar-refractivity contribution in [2.45, 2.75) is 19.1 Å². The molecule has 22 heavy (non-hydrogen) atoms. The van der Waals surface area contributed by atoms with Crippen LogP contribution in [-0.2, 0) is 17.8 Å². The number of benzene rings is 2. The Morgan fingerprint density at radius 3 is 2.45 bits per heavy atom. The van der Waals surface area contributed by atoms with Gasteiger partial charge in [-0.15, -0.1) is 0 Å². The van der Waals surface area contributed by atoms with Crippen LogP contribution in [0.25, 0.3) is 0 Å². The molecule has 0 radical (unpaired) electrons. The number of hydrogen-bond donors (Lipinski definition) is 2. The Morgan fingerprint density at radius 2 is 1.82 bits per heavy atom. The highest BCUT2D eigenvalue weighted by molar-refractivity contribution is 5.68. The summed E-state index contributed by atoms with van der Waals surface area (Å²) in [5, 5.41) is 11.7. The first-order valence-corrected chi connectivity index (χ1v) is 6.88. The molecule has 112 valence electrons. The molecule has 0 unspecified atom stereocenters. The van der Waals surface area contributed by atoms with E-state index in [-0.39, 0.29) is 6.61 Å². The average molecular weight is 295 g/mol. The molecule has 0 aromatic heterocycles. The topological polar surface area (TPSA) is 88.1 Å². The lowest BCUT2D eigenvalue weighted by atomic mass is 10.1. The number of alkyl carbamates (subject to hydrolysis) is 1. The van der Waals surface area contributed by atoms with E-state index in [1.165, 1.54) is 0 Å². The summed E-state index contributed by atoms with van der Waals surface area (Å²) >= 11 is 0. The minimum Gasteiger partial charge on any atom is -0.445 e. The molecule has 2 aromatic carbocycles. The second-order valence-electron chi connectivity index (χ2n) is 4.83. The lowest BCUT2D eigenvalue weighted by Gasteiger charge is -2.12. The highest BCUT2D eigenvalue weighted by Gasteiger charge is 2.13. The molecule has 0 saturated heterocycles. The monoisotopic (exact) mass is 295 g/mol. The van der Waals surface area contributed by atoms with Gasteiger partial charge in [-0.05, 0) is 23.3 Å². The van der Waals surface area contributed by atoms with Crippen LogP contribution in [0, 0.1) is 11.3 Å². The van der Waals surface area contributed by atoms with E-state index >= 15 is 0 Å². The molecule has 0 saturated carbocycles. The molecular formula is C17H17N3O2. The first-order valence-electron chi connectivity index (χ1n) is 6.88. The van der Waals surface area contributed by atoms with E-state index in [4.69, 9.17) is 15.7 Å². The predicted octanol–water partition coefficient (Wildman–Crippen LogP) is 2.63. The van der Waals surface area contributed by atoms with Gasteiger partial charge in [0.05, 0.1) is 6.07 Å². The first kappa shape index (κ1) is 15.4. The molecule has 3 N–H and O–H groups in total. The molecule has 2 rings (SSSR count). The molecule has 2 aromatic rings. The number of anilines is 1. The molecule has 0 aliphatic heterocycles. The van der Waals surface area contributed by atoms with Crippen molar-refractivity contribution in [1.82, 2.24) is 5.32 Å². The molecular weight excluding hydrogens is 278 g/mol. The fourth-order valence-electron chi connectivity index (χ4n) is 1.93. The summed E-state index contributed by atoms with van der Waals surface area (Å²) in [5.41, 5.74) is 8.08. The Balaban J connectivity index is 1.83. The number of ether oxygens (including phenoxy) is 1. The van der Waals surface area contributed by atoms with E-state index in [1.54, 1.807) is 12.1 Å². The van der Waals surface area contributed by atoms with Crippen LogP contribution >= 0.6 is 0 Å². The van der Waals surface area contributed by atoms with Gasteiger partial charge in [0.2, 0.25) is 0 Å². The van der Waals surface area contributed by atoms with Crippen molar-refractivity contribution in [3.63, 3.8) is 0 Å². The minimum absolute atomic E-state index is 0.173. The van der Waals surface area contributed by atoms with Crippen molar-refractivity contribution < 1.29 is 9.53 Å². The van der Waals surface area contributed by atoms with E-state index in [0.717, 1.165) is 11.1 Å². The third kappa shape index (κ3) is 4.84. The zero-order valence-corrected chi connectivity index (χ0v) is 12.0. The van der Waals surface area contributed by atoms with Crippen LogP contribution < -0.4 is 11.1 Å². The highest BCUT2D eigenvalue weighted by atomic mass is 16.5. The summed E-state index contributed by atoms with van der Waals surface area (Å²) in [6, 6.07) is 17.9. The van der Waals surface area contributed by atoms with Crippen LogP contribution in [0.3, 0.4) is 0 Å². The molecule has 5 nitrogen and oxygen atoms in total. The van der Waals surface area contributed by atoms with Crippen LogP contribution in [-0.4, -0.2) is 12.1 Å². The molecule has 0 spiro atoms. The standard InChI is InChI=1S/C17H17N3O2/c18-11-16(10-13-6-8-15(19)9-7-13)20-17(21)22-12-14-4-2-1-3-5-14/h1-9,16H,10,12,19H2,(H,20,21)/t16-/m0/s1. The van der Waals surface area contributed by atoms with Crippen LogP contribution in [0.15, 0.2) is 54.6 Å². The molecule has 0 fully saturated rings. The molecule has 0 heterocycles. The van der Waals surface area contributed by atoms with Gasteiger partial charge < -0.3 is 15.8 Å². The van der Waals surface area contributed by atoms with Crippen molar-refractivity contribution in [3.8, 4) is 6.07 Å². The van der Waals surface area contributed by atoms with Crippen molar-refractivity contribution in [2.24, 2.45) is 0 Å². The third-order valence-electron chi connectivity index (χ3n) is 3.08. The highest BCUT2D eigenvalue weighted by Crippen LogP contribution is 2.08. The SMILES string of the molecule is N#C[C@H](Cc1ccc(N)cc1)NC(=O)OCc1ccccc1. The van der Waals surface area contributed by atoms with E-state index in [9.17, 15) is 4.79 Å². The Labute approximate surface area is 129 Å². The second-order valence-corrected chi connectivity index (χ2v) is 4.83. The number of nitrogens with zero attached hydrogens (tertiary/aromatic N) is 1. The van der Waals surface area contributed by atoms with Crippen molar-refractivity contribution in [2.75, 3.05) is 5.73 Å². The van der Waals surface area contributed by atoms with E-state index in [2.05, 4.69) is 11.4 Å². The molecule has 1 amide bonds. The number of carbonyl (C=O) groups excluding carboxylic acids is 1. The molecule has 0 aliphatic carbocycles. The van der Waals surface area contributed by atoms with Gasteiger partial charge in [0.1, 0.15) is 12.6 Å². The summed E-state index contributed by atoms with van der Waals surface area (Å²) in [6.45, 7) is 0.173. The van der Waals surface area contributed by atoms with Gasteiger partial charge in [-0.1, -0.05) is 42.5 Å². The van der Waals surface area contributed by atoms with Crippen LogP contribution in [0.2, 0.25) is 0 Å². The van der Waals surface area contributed by atoms with E-state index in [0.29, 0.717) is 12.1 Å². The number of nitrogens with two attached hydrogens (primary N) is 1. The fraction of sp³-hybridized carbons (Fsp3) is 0.176. The van der Waals surface area contributed by atoms with Crippen LogP contribution in [0.5, 0.6) is 0 Å². The normalized spacial score (nSPS) is 11.2. The van der Waals surface area contributed by atoms with Gasteiger partial charge in [0.15, 0.2) is 0 Å². The Hall–Kier alpha value is -3.00. The number of rotatable bonds is 5. The van der Waals surface area contributed by atoms with E-state index < -0.39 is 12.1 Å². The van der Waals surface area contributed by atoms with Crippen LogP contribution in [0.4, 0.5) is 10.5 Å². The van der Waals surface area contributed by atoms with Crippen molar-refractivity contribution >= 4 is 11.8 Å². The van der Waals surface area contributed by atoms with Gasteiger partial charge >= 0.3 is 6.09 Å². The Morgan fingerprint density at radius 1 is 1.14 bits per heavy atom. The Bertz CT molecular complexity index is 648. The van der Waals surface area contributed by atoms with E-state index in [1.807, 2.05) is 42.5 Å². The average Bonchev–Trinajstić information content (AvgIpc) is 2.55. The lowest BCUT2D eigenvalue weighted by molar-refractivity contribution is 0.137. The summed E-state index contributed by atoms with van der Waals surface area (Å²) in [7, 11) is 0. The van der Waals surface area contributed by atoms with Crippen LogP contribution in [0.1, 0.15) is 11.1 Å². The number of nitrogen functional groups attached to an aromatic ring is 1. The lowest BCUT2D eigenvalue weighted by Crippen LogP contribution is -2.35. The number of nitriles is 1. The largest absolute Gasteiger partial charge is 0.445 e. The van der Waals surface area contributed by atoms with Crippen molar-refractivity contribution in [3.05, 3.63) is 65.7 Å². The Kier molecular flexibility index (Phi) is 5.38. The summed E-state index contributed by atoms with van der Waals surface area (Å²) in [5.74, 6) is 0. The molecule has 0 aliphatic rings. The predicted molar refractivity (Wildman–Crippen MR) is 83.7 cm³/mol. The van der Waals surface area contributed by atoms with Gasteiger partial charge in [0.25, 0.3) is 0 Å². The summed E-state index contributed by atoms with van der Waals surface area (Å²) in [4.78, 5) is 11.7. The number of carbonyl (C=O) groups is 1. The minimum atomic E-state index is -0.646. The first-order chi connectivity index (χ1) is 10.7. The maximum absolute atomic E-state index is 11.7. The summed E-state index contributed by atoms with van der Waals surface area (Å²) in [6.07, 6.45) is -0.206. The molecule has 0 bridgehead atoms. The summed E-state index contributed by atoms with van der Waals surface area (Å²) < 4.78 is 5.10. The number of nitrogens with one attached hydrogen (secondary N) is 1.